The summed E-state index contributed by atoms with van der Waals surface area (Å²) in [6.45, 7) is 8.52. The predicted octanol–water partition coefficient (Wildman–Crippen LogP) is 4.31. The van der Waals surface area contributed by atoms with Gasteiger partial charge in [0.15, 0.2) is 0 Å². The Balaban J connectivity index is 1.63. The standard InChI is InChI=1S/C23H30N4O4/c1-23(2,3)31-22(28)26-15-13-25(14-16-26)19-9-10-21(27(29)30)20(17-19)24-12-11-18-7-5-4-6-8-18/h4-10,17,24H,11-16H2,1-3H3. The van der Waals surface area contributed by atoms with E-state index >= 15 is 0 Å². The Hall–Kier alpha value is -3.29. The third kappa shape index (κ3) is 6.34. The van der Waals surface area contributed by atoms with Gasteiger partial charge in [0.2, 0.25) is 0 Å². The Morgan fingerprint density at radius 1 is 1.10 bits per heavy atom. The number of benzene rings is 2. The van der Waals surface area contributed by atoms with E-state index in [-0.39, 0.29) is 16.7 Å². The van der Waals surface area contributed by atoms with Gasteiger partial charge in [-0.25, -0.2) is 4.79 Å². The minimum atomic E-state index is -0.521. The van der Waals surface area contributed by atoms with Crippen LogP contribution < -0.4 is 10.2 Å². The van der Waals surface area contributed by atoms with Crippen LogP contribution in [0.3, 0.4) is 0 Å². The molecule has 1 N–H and O–H groups in total. The molecule has 0 radical (unpaired) electrons. The Labute approximate surface area is 182 Å². The second-order valence-electron chi connectivity index (χ2n) is 8.58. The monoisotopic (exact) mass is 426 g/mol. The molecule has 1 aliphatic rings. The van der Waals surface area contributed by atoms with Crippen LogP contribution >= 0.6 is 0 Å². The van der Waals surface area contributed by atoms with Crippen LogP contribution in [0.2, 0.25) is 0 Å². The van der Waals surface area contributed by atoms with Crippen molar-refractivity contribution < 1.29 is 14.5 Å². The van der Waals surface area contributed by atoms with Gasteiger partial charge in [-0.1, -0.05) is 30.3 Å². The highest BCUT2D eigenvalue weighted by Crippen LogP contribution is 2.30. The SMILES string of the molecule is CC(C)(C)OC(=O)N1CCN(c2ccc([N+](=O)[O-])c(NCCc3ccccc3)c2)CC1. The first-order valence-electron chi connectivity index (χ1n) is 10.5. The fraction of sp³-hybridized carbons (Fsp3) is 0.435. The zero-order chi connectivity index (χ0) is 22.4. The number of piperazine rings is 1. The molecule has 166 valence electrons. The van der Waals surface area contributed by atoms with Gasteiger partial charge >= 0.3 is 6.09 Å². The minimum absolute atomic E-state index is 0.0594. The number of hydrogen-bond donors (Lipinski definition) is 1. The van der Waals surface area contributed by atoms with Crippen LogP contribution in [0.15, 0.2) is 48.5 Å². The smallest absolute Gasteiger partial charge is 0.410 e. The van der Waals surface area contributed by atoms with Crippen molar-refractivity contribution in [3.05, 3.63) is 64.2 Å². The van der Waals surface area contributed by atoms with E-state index in [4.69, 9.17) is 4.74 Å². The molecule has 1 saturated heterocycles. The van der Waals surface area contributed by atoms with Gasteiger partial charge in [0.1, 0.15) is 11.3 Å². The summed E-state index contributed by atoms with van der Waals surface area (Å²) in [4.78, 5) is 27.2. The summed E-state index contributed by atoms with van der Waals surface area (Å²) >= 11 is 0. The van der Waals surface area contributed by atoms with Crippen LogP contribution in [-0.4, -0.2) is 54.2 Å². The second kappa shape index (κ2) is 9.68. The molecule has 8 heteroatoms. The van der Waals surface area contributed by atoms with E-state index in [0.29, 0.717) is 38.4 Å². The summed E-state index contributed by atoms with van der Waals surface area (Å²) in [5.41, 5.74) is 2.12. The van der Waals surface area contributed by atoms with Gasteiger partial charge < -0.3 is 19.9 Å². The Kier molecular flexibility index (Phi) is 6.99. The Bertz CT molecular complexity index is 904. The Morgan fingerprint density at radius 2 is 1.77 bits per heavy atom. The largest absolute Gasteiger partial charge is 0.444 e. The number of nitro benzene ring substituents is 1. The first-order chi connectivity index (χ1) is 14.7. The summed E-state index contributed by atoms with van der Waals surface area (Å²) in [6, 6.07) is 15.1. The fourth-order valence-corrected chi connectivity index (χ4v) is 3.48. The fourth-order valence-electron chi connectivity index (χ4n) is 3.48. The zero-order valence-electron chi connectivity index (χ0n) is 18.3. The summed E-state index contributed by atoms with van der Waals surface area (Å²) < 4.78 is 5.44. The highest BCUT2D eigenvalue weighted by molar-refractivity contribution is 5.71. The van der Waals surface area contributed by atoms with Crippen LogP contribution in [0.1, 0.15) is 26.3 Å². The molecule has 1 heterocycles. The van der Waals surface area contributed by atoms with Crippen LogP contribution in [0.4, 0.5) is 21.9 Å². The lowest BCUT2D eigenvalue weighted by Gasteiger charge is -2.36. The molecule has 0 saturated carbocycles. The highest BCUT2D eigenvalue weighted by Gasteiger charge is 2.26. The molecule has 1 aliphatic heterocycles. The summed E-state index contributed by atoms with van der Waals surface area (Å²) in [5, 5.41) is 14.7. The van der Waals surface area contributed by atoms with Gasteiger partial charge in [-0.15, -0.1) is 0 Å². The average Bonchev–Trinajstić information content (AvgIpc) is 2.73. The van der Waals surface area contributed by atoms with Gasteiger partial charge in [-0.3, -0.25) is 10.1 Å². The van der Waals surface area contributed by atoms with E-state index < -0.39 is 5.60 Å². The highest BCUT2D eigenvalue weighted by atomic mass is 16.6. The molecule has 0 aliphatic carbocycles. The predicted molar refractivity (Wildman–Crippen MR) is 122 cm³/mol. The molecule has 0 spiro atoms. The van der Waals surface area contributed by atoms with Gasteiger partial charge in [-0.2, -0.15) is 0 Å². The van der Waals surface area contributed by atoms with Crippen LogP contribution in [0.25, 0.3) is 0 Å². The van der Waals surface area contributed by atoms with Gasteiger partial charge in [0, 0.05) is 44.5 Å². The molecule has 0 unspecified atom stereocenters. The number of ether oxygens (including phenoxy) is 1. The third-order valence-electron chi connectivity index (χ3n) is 5.05. The number of nitrogens with zero attached hydrogens (tertiary/aromatic N) is 3. The quantitative estimate of drug-likeness (QED) is 0.547. The molecular weight excluding hydrogens is 396 g/mol. The van der Waals surface area contributed by atoms with E-state index in [1.54, 1.807) is 17.0 Å². The summed E-state index contributed by atoms with van der Waals surface area (Å²) in [7, 11) is 0. The first-order valence-corrected chi connectivity index (χ1v) is 10.5. The molecule has 2 aromatic rings. The van der Waals surface area contributed by atoms with Gasteiger partial charge in [0.25, 0.3) is 5.69 Å². The first kappa shape index (κ1) is 22.4. The minimum Gasteiger partial charge on any atom is -0.444 e. The lowest BCUT2D eigenvalue weighted by atomic mass is 10.1. The van der Waals surface area contributed by atoms with Crippen LogP contribution in [0.5, 0.6) is 0 Å². The molecule has 2 aromatic carbocycles. The molecular formula is C23H30N4O4. The lowest BCUT2D eigenvalue weighted by Crippen LogP contribution is -2.50. The zero-order valence-corrected chi connectivity index (χ0v) is 18.3. The van der Waals surface area contributed by atoms with Gasteiger partial charge in [-0.05, 0) is 44.9 Å². The number of hydrogen-bond acceptors (Lipinski definition) is 6. The molecule has 0 bridgehead atoms. The third-order valence-corrected chi connectivity index (χ3v) is 5.05. The molecule has 0 atom stereocenters. The number of nitro groups is 1. The number of amides is 1. The van der Waals surface area contributed by atoms with E-state index in [1.165, 1.54) is 5.56 Å². The van der Waals surface area contributed by atoms with Crippen molar-refractivity contribution >= 4 is 23.2 Å². The van der Waals surface area contributed by atoms with Crippen molar-refractivity contribution in [1.29, 1.82) is 0 Å². The van der Waals surface area contributed by atoms with Gasteiger partial charge in [0.05, 0.1) is 4.92 Å². The lowest BCUT2D eigenvalue weighted by molar-refractivity contribution is -0.383. The molecule has 0 aromatic heterocycles. The molecule has 3 rings (SSSR count). The topological polar surface area (TPSA) is 88.0 Å². The maximum Gasteiger partial charge on any atom is 0.410 e. The van der Waals surface area contributed by atoms with Crippen molar-refractivity contribution in [2.75, 3.05) is 42.9 Å². The maximum absolute atomic E-state index is 12.3. The molecule has 31 heavy (non-hydrogen) atoms. The maximum atomic E-state index is 12.3. The molecule has 1 fully saturated rings. The van der Waals surface area contributed by atoms with Crippen LogP contribution in [-0.2, 0) is 11.2 Å². The molecule has 8 nitrogen and oxygen atoms in total. The van der Waals surface area contributed by atoms with E-state index in [0.717, 1.165) is 12.1 Å². The number of anilines is 2. The van der Waals surface area contributed by atoms with Crippen molar-refractivity contribution in [2.24, 2.45) is 0 Å². The summed E-state index contributed by atoms with van der Waals surface area (Å²) in [5.74, 6) is 0. The van der Waals surface area contributed by atoms with E-state index in [9.17, 15) is 14.9 Å². The number of rotatable bonds is 6. The second-order valence-corrected chi connectivity index (χ2v) is 8.58. The van der Waals surface area contributed by atoms with Crippen molar-refractivity contribution in [2.45, 2.75) is 32.8 Å². The summed E-state index contributed by atoms with van der Waals surface area (Å²) in [6.07, 6.45) is 0.468. The average molecular weight is 427 g/mol. The van der Waals surface area contributed by atoms with Crippen molar-refractivity contribution in [3.8, 4) is 0 Å². The van der Waals surface area contributed by atoms with E-state index in [2.05, 4.69) is 10.2 Å². The Morgan fingerprint density at radius 3 is 2.39 bits per heavy atom. The van der Waals surface area contributed by atoms with Crippen LogP contribution in [0, 0.1) is 10.1 Å². The normalized spacial score (nSPS) is 14.3. The van der Waals surface area contributed by atoms with Crippen molar-refractivity contribution in [1.82, 2.24) is 4.90 Å². The van der Waals surface area contributed by atoms with E-state index in [1.807, 2.05) is 57.2 Å². The number of nitrogens with one attached hydrogen (secondary N) is 1. The van der Waals surface area contributed by atoms with Crippen molar-refractivity contribution in [3.63, 3.8) is 0 Å². The number of carbonyl (C=O) groups is 1. The number of carbonyl (C=O) groups excluding carboxylic acids is 1. The molecule has 1 amide bonds.